The molecule has 1 amide bonds. The molecular formula is C23H31N3O4. The number of likely N-dealkylation sites (N-methyl/N-ethyl adjacent to an activating group) is 1. The third kappa shape index (κ3) is 5.23. The number of benzene rings is 2. The minimum atomic E-state index is -0.335. The van der Waals surface area contributed by atoms with Crippen LogP contribution in [-0.4, -0.2) is 64.4 Å². The molecule has 0 aromatic heterocycles. The second kappa shape index (κ2) is 10.3. The molecule has 1 N–H and O–H groups in total. The van der Waals surface area contributed by atoms with Gasteiger partial charge in [-0.05, 0) is 37.7 Å². The number of rotatable bonds is 8. The first-order chi connectivity index (χ1) is 14.5. The molecule has 0 saturated carbocycles. The Bertz CT molecular complexity index is 852. The highest BCUT2D eigenvalue weighted by Crippen LogP contribution is 2.29. The Balaban J connectivity index is 1.69. The van der Waals surface area contributed by atoms with Crippen LogP contribution in [0.15, 0.2) is 42.5 Å². The standard InChI is InChI=1S/C23H31N3O4/c1-17(23(27)24-20-15-19(28-3)9-10-22(20)29-4)25(2)16-18-7-5-6-8-21(18)26-11-13-30-14-12-26/h5-10,15,17H,11-14,16H2,1-4H3,(H,24,27). The Morgan fingerprint density at radius 3 is 2.60 bits per heavy atom. The van der Waals surface area contributed by atoms with E-state index in [9.17, 15) is 4.79 Å². The fourth-order valence-corrected chi connectivity index (χ4v) is 3.51. The lowest BCUT2D eigenvalue weighted by atomic mass is 10.1. The van der Waals surface area contributed by atoms with E-state index in [4.69, 9.17) is 14.2 Å². The lowest BCUT2D eigenvalue weighted by Crippen LogP contribution is -2.40. The molecule has 3 rings (SSSR count). The summed E-state index contributed by atoms with van der Waals surface area (Å²) in [4.78, 5) is 17.3. The number of amides is 1. The molecular weight excluding hydrogens is 382 g/mol. The first-order valence-corrected chi connectivity index (χ1v) is 10.2. The van der Waals surface area contributed by atoms with Crippen LogP contribution in [0.25, 0.3) is 0 Å². The molecule has 162 valence electrons. The van der Waals surface area contributed by atoms with Gasteiger partial charge < -0.3 is 24.4 Å². The molecule has 1 aliphatic rings. The number of hydrogen-bond donors (Lipinski definition) is 1. The lowest BCUT2D eigenvalue weighted by Gasteiger charge is -2.32. The summed E-state index contributed by atoms with van der Waals surface area (Å²) >= 11 is 0. The van der Waals surface area contributed by atoms with Crippen molar-refractivity contribution >= 4 is 17.3 Å². The van der Waals surface area contributed by atoms with Gasteiger partial charge in [0.05, 0.1) is 39.2 Å². The van der Waals surface area contributed by atoms with E-state index in [1.807, 2.05) is 24.9 Å². The monoisotopic (exact) mass is 413 g/mol. The average molecular weight is 414 g/mol. The molecule has 1 heterocycles. The lowest BCUT2D eigenvalue weighted by molar-refractivity contribution is -0.120. The summed E-state index contributed by atoms with van der Waals surface area (Å²) in [5.74, 6) is 1.15. The number of nitrogens with zero attached hydrogens (tertiary/aromatic N) is 2. The second-order valence-electron chi connectivity index (χ2n) is 7.37. The first kappa shape index (κ1) is 21.9. The number of nitrogens with one attached hydrogen (secondary N) is 1. The van der Waals surface area contributed by atoms with Crippen LogP contribution in [0.3, 0.4) is 0 Å². The van der Waals surface area contributed by atoms with E-state index < -0.39 is 0 Å². The van der Waals surface area contributed by atoms with Gasteiger partial charge in [-0.3, -0.25) is 9.69 Å². The zero-order valence-corrected chi connectivity index (χ0v) is 18.2. The average Bonchev–Trinajstić information content (AvgIpc) is 2.79. The van der Waals surface area contributed by atoms with Crippen molar-refractivity contribution in [3.8, 4) is 11.5 Å². The molecule has 0 spiro atoms. The Hall–Kier alpha value is -2.77. The number of hydrogen-bond acceptors (Lipinski definition) is 6. The highest BCUT2D eigenvalue weighted by atomic mass is 16.5. The summed E-state index contributed by atoms with van der Waals surface area (Å²) in [6.07, 6.45) is 0. The zero-order chi connectivity index (χ0) is 21.5. The van der Waals surface area contributed by atoms with Gasteiger partial charge in [-0.15, -0.1) is 0 Å². The third-order valence-corrected chi connectivity index (χ3v) is 5.47. The van der Waals surface area contributed by atoms with Gasteiger partial charge in [0, 0.05) is 31.4 Å². The molecule has 1 unspecified atom stereocenters. The van der Waals surface area contributed by atoms with Crippen LogP contribution in [0.2, 0.25) is 0 Å². The number of morpholine rings is 1. The maximum Gasteiger partial charge on any atom is 0.241 e. The van der Waals surface area contributed by atoms with Crippen LogP contribution < -0.4 is 19.7 Å². The molecule has 2 aromatic rings. The van der Waals surface area contributed by atoms with Gasteiger partial charge in [-0.1, -0.05) is 18.2 Å². The summed E-state index contributed by atoms with van der Waals surface area (Å²) < 4.78 is 16.1. The van der Waals surface area contributed by atoms with E-state index >= 15 is 0 Å². The molecule has 0 bridgehead atoms. The Morgan fingerprint density at radius 1 is 1.17 bits per heavy atom. The largest absolute Gasteiger partial charge is 0.497 e. The van der Waals surface area contributed by atoms with Crippen LogP contribution in [0.4, 0.5) is 11.4 Å². The summed E-state index contributed by atoms with van der Waals surface area (Å²) in [6.45, 7) is 5.81. The number of carbonyl (C=O) groups excluding carboxylic acids is 1. The van der Waals surface area contributed by atoms with Crippen LogP contribution in [-0.2, 0) is 16.1 Å². The number of anilines is 2. The molecule has 7 nitrogen and oxygen atoms in total. The van der Waals surface area contributed by atoms with Crippen molar-refractivity contribution in [3.05, 3.63) is 48.0 Å². The van der Waals surface area contributed by atoms with Crippen molar-refractivity contribution in [2.24, 2.45) is 0 Å². The Labute approximate surface area is 178 Å². The molecule has 0 radical (unpaired) electrons. The van der Waals surface area contributed by atoms with Crippen LogP contribution in [0, 0.1) is 0 Å². The Morgan fingerprint density at radius 2 is 1.90 bits per heavy atom. The predicted octanol–water partition coefficient (Wildman–Crippen LogP) is 3.00. The maximum atomic E-state index is 12.9. The van der Waals surface area contributed by atoms with Crippen molar-refractivity contribution in [2.45, 2.75) is 19.5 Å². The molecule has 2 aromatic carbocycles. The van der Waals surface area contributed by atoms with Crippen molar-refractivity contribution < 1.29 is 19.0 Å². The van der Waals surface area contributed by atoms with Gasteiger partial charge in [0.2, 0.25) is 5.91 Å². The minimum absolute atomic E-state index is 0.104. The van der Waals surface area contributed by atoms with Crippen LogP contribution in [0.1, 0.15) is 12.5 Å². The van der Waals surface area contributed by atoms with E-state index in [-0.39, 0.29) is 11.9 Å². The minimum Gasteiger partial charge on any atom is -0.497 e. The van der Waals surface area contributed by atoms with E-state index in [2.05, 4.69) is 28.4 Å². The summed E-state index contributed by atoms with van der Waals surface area (Å²) in [7, 11) is 5.13. The first-order valence-electron chi connectivity index (χ1n) is 10.2. The molecule has 7 heteroatoms. The molecule has 30 heavy (non-hydrogen) atoms. The summed E-state index contributed by atoms with van der Waals surface area (Å²) in [6, 6.07) is 13.4. The van der Waals surface area contributed by atoms with Gasteiger partial charge >= 0.3 is 0 Å². The van der Waals surface area contributed by atoms with E-state index in [1.165, 1.54) is 11.3 Å². The highest BCUT2D eigenvalue weighted by Gasteiger charge is 2.22. The van der Waals surface area contributed by atoms with Gasteiger partial charge in [0.15, 0.2) is 0 Å². The number of ether oxygens (including phenoxy) is 3. The van der Waals surface area contributed by atoms with E-state index in [0.29, 0.717) is 23.7 Å². The fraction of sp³-hybridized carbons (Fsp3) is 0.435. The summed E-state index contributed by atoms with van der Waals surface area (Å²) in [5, 5.41) is 2.97. The van der Waals surface area contributed by atoms with E-state index in [0.717, 1.165) is 26.3 Å². The molecule has 1 fully saturated rings. The second-order valence-corrected chi connectivity index (χ2v) is 7.37. The quantitative estimate of drug-likeness (QED) is 0.718. The number of carbonyl (C=O) groups is 1. The van der Waals surface area contributed by atoms with Gasteiger partial charge in [-0.2, -0.15) is 0 Å². The smallest absolute Gasteiger partial charge is 0.241 e. The topological polar surface area (TPSA) is 63.3 Å². The normalized spacial score (nSPS) is 15.0. The van der Waals surface area contributed by atoms with Gasteiger partial charge in [0.25, 0.3) is 0 Å². The fourth-order valence-electron chi connectivity index (χ4n) is 3.51. The molecule has 1 aliphatic heterocycles. The number of methoxy groups -OCH3 is 2. The summed E-state index contributed by atoms with van der Waals surface area (Å²) in [5.41, 5.74) is 2.99. The highest BCUT2D eigenvalue weighted by molar-refractivity contribution is 5.96. The number of para-hydroxylation sites is 1. The van der Waals surface area contributed by atoms with Crippen molar-refractivity contribution in [1.29, 1.82) is 0 Å². The van der Waals surface area contributed by atoms with Crippen LogP contribution in [0.5, 0.6) is 11.5 Å². The Kier molecular flexibility index (Phi) is 7.54. The predicted molar refractivity (Wildman–Crippen MR) is 119 cm³/mol. The van der Waals surface area contributed by atoms with Gasteiger partial charge in [0.1, 0.15) is 11.5 Å². The molecule has 1 atom stereocenters. The SMILES string of the molecule is COc1ccc(OC)c(NC(=O)C(C)N(C)Cc2ccccc2N2CCOCC2)c1. The third-order valence-electron chi connectivity index (χ3n) is 5.47. The van der Waals surface area contributed by atoms with Crippen LogP contribution >= 0.6 is 0 Å². The van der Waals surface area contributed by atoms with Crippen molar-refractivity contribution in [1.82, 2.24) is 4.90 Å². The maximum absolute atomic E-state index is 12.9. The molecule has 0 aliphatic carbocycles. The van der Waals surface area contributed by atoms with E-state index in [1.54, 1.807) is 32.4 Å². The van der Waals surface area contributed by atoms with Crippen molar-refractivity contribution in [2.75, 3.05) is 57.8 Å². The zero-order valence-electron chi connectivity index (χ0n) is 18.2. The van der Waals surface area contributed by atoms with Gasteiger partial charge in [-0.25, -0.2) is 0 Å². The molecule has 1 saturated heterocycles. The van der Waals surface area contributed by atoms with Crippen molar-refractivity contribution in [3.63, 3.8) is 0 Å².